The average Bonchev–Trinajstić information content (AvgIpc) is 3.07. The van der Waals surface area contributed by atoms with Gasteiger partial charge in [0.1, 0.15) is 11.6 Å². The lowest BCUT2D eigenvalue weighted by molar-refractivity contribution is -0.138. The third kappa shape index (κ3) is 1.57. The Kier molecular flexibility index (Phi) is 2.12. The lowest BCUT2D eigenvalue weighted by Gasteiger charge is -2.07. The van der Waals surface area contributed by atoms with Crippen molar-refractivity contribution in [2.24, 2.45) is 5.73 Å². The van der Waals surface area contributed by atoms with E-state index in [1.165, 1.54) is 0 Å². The number of aliphatic carboxylic acids is 1. The summed E-state index contributed by atoms with van der Waals surface area (Å²) in [6.07, 6.45) is 2.21. The molecule has 6 nitrogen and oxygen atoms in total. The minimum Gasteiger partial charge on any atom is -0.480 e. The van der Waals surface area contributed by atoms with E-state index in [-0.39, 0.29) is 0 Å². The number of aromatic nitrogens is 3. The molecule has 3 N–H and O–H groups in total. The molecule has 0 saturated heterocycles. The summed E-state index contributed by atoms with van der Waals surface area (Å²) in [5, 5.41) is 17.1. The molecule has 17 heavy (non-hydrogen) atoms. The molecule has 1 heterocycles. The van der Waals surface area contributed by atoms with Gasteiger partial charge < -0.3 is 10.8 Å². The molecule has 1 saturated carbocycles. The van der Waals surface area contributed by atoms with Crippen molar-refractivity contribution in [3.63, 3.8) is 0 Å². The van der Waals surface area contributed by atoms with Crippen molar-refractivity contribution >= 4 is 17.0 Å². The Morgan fingerprint density at radius 2 is 2.29 bits per heavy atom. The van der Waals surface area contributed by atoms with E-state index in [4.69, 9.17) is 10.8 Å². The van der Waals surface area contributed by atoms with Crippen LogP contribution >= 0.6 is 0 Å². The van der Waals surface area contributed by atoms with Gasteiger partial charge in [-0.2, -0.15) is 0 Å². The molecule has 0 spiro atoms. The van der Waals surface area contributed by atoms with Gasteiger partial charge in [0.25, 0.3) is 0 Å². The van der Waals surface area contributed by atoms with Crippen LogP contribution in [0.1, 0.15) is 30.5 Å². The number of benzene rings is 1. The number of carboxylic acids is 1. The van der Waals surface area contributed by atoms with E-state index in [2.05, 4.69) is 10.3 Å². The second-order valence-corrected chi connectivity index (χ2v) is 4.30. The summed E-state index contributed by atoms with van der Waals surface area (Å²) in [7, 11) is 0. The Morgan fingerprint density at radius 1 is 1.53 bits per heavy atom. The monoisotopic (exact) mass is 232 g/mol. The Labute approximate surface area is 97.0 Å². The number of nitrogens with two attached hydrogens (primary N) is 1. The van der Waals surface area contributed by atoms with Gasteiger partial charge in [-0.05, 0) is 18.9 Å². The molecule has 0 radical (unpaired) electrons. The molecule has 1 aromatic heterocycles. The predicted molar refractivity (Wildman–Crippen MR) is 60.4 cm³/mol. The maximum atomic E-state index is 10.9. The highest BCUT2D eigenvalue weighted by Gasteiger charge is 2.28. The molecule has 1 unspecified atom stereocenters. The molecule has 1 aromatic carbocycles. The Morgan fingerprint density at radius 3 is 2.94 bits per heavy atom. The fourth-order valence-corrected chi connectivity index (χ4v) is 1.96. The number of nitrogens with zero attached hydrogens (tertiary/aromatic N) is 3. The topological polar surface area (TPSA) is 94.0 Å². The first kappa shape index (κ1) is 10.2. The zero-order valence-electron chi connectivity index (χ0n) is 9.08. The van der Waals surface area contributed by atoms with Crippen molar-refractivity contribution in [3.8, 4) is 0 Å². The van der Waals surface area contributed by atoms with Crippen LogP contribution < -0.4 is 5.73 Å². The predicted octanol–water partition coefficient (Wildman–Crippen LogP) is 0.851. The van der Waals surface area contributed by atoms with E-state index in [9.17, 15) is 4.79 Å². The number of fused-ring (bicyclic) bond motifs is 1. The van der Waals surface area contributed by atoms with E-state index in [0.29, 0.717) is 17.1 Å². The van der Waals surface area contributed by atoms with Gasteiger partial charge in [-0.15, -0.1) is 5.10 Å². The Bertz CT molecular complexity index is 588. The van der Waals surface area contributed by atoms with Crippen molar-refractivity contribution in [3.05, 3.63) is 23.8 Å². The number of hydrogen-bond donors (Lipinski definition) is 2. The highest BCUT2D eigenvalue weighted by Crippen LogP contribution is 2.36. The molecule has 0 bridgehead atoms. The molecular formula is C11H12N4O2. The van der Waals surface area contributed by atoms with E-state index in [1.54, 1.807) is 12.1 Å². The molecule has 1 fully saturated rings. The fraction of sp³-hybridized carbons (Fsp3) is 0.364. The highest BCUT2D eigenvalue weighted by molar-refractivity contribution is 5.85. The second-order valence-electron chi connectivity index (χ2n) is 4.30. The summed E-state index contributed by atoms with van der Waals surface area (Å²) in [5.41, 5.74) is 7.60. The van der Waals surface area contributed by atoms with Gasteiger partial charge in [-0.3, -0.25) is 4.79 Å². The van der Waals surface area contributed by atoms with Gasteiger partial charge in [0, 0.05) is 5.56 Å². The van der Waals surface area contributed by atoms with Crippen LogP contribution in [0, 0.1) is 0 Å². The van der Waals surface area contributed by atoms with Crippen LogP contribution in [-0.4, -0.2) is 26.1 Å². The minimum atomic E-state index is -1.06. The summed E-state index contributed by atoms with van der Waals surface area (Å²) < 4.78 is 1.85. The van der Waals surface area contributed by atoms with Crippen LogP contribution in [0.5, 0.6) is 0 Å². The molecule has 6 heteroatoms. The lowest BCUT2D eigenvalue weighted by Crippen LogP contribution is -2.20. The maximum Gasteiger partial charge on any atom is 0.325 e. The van der Waals surface area contributed by atoms with E-state index in [0.717, 1.165) is 18.4 Å². The van der Waals surface area contributed by atoms with Crippen LogP contribution in [0.25, 0.3) is 11.0 Å². The van der Waals surface area contributed by atoms with Crippen molar-refractivity contribution in [2.75, 3.05) is 0 Å². The van der Waals surface area contributed by atoms with Crippen LogP contribution in [0.3, 0.4) is 0 Å². The molecule has 88 valence electrons. The lowest BCUT2D eigenvalue weighted by atomic mass is 10.1. The fourth-order valence-electron chi connectivity index (χ4n) is 1.96. The molecule has 2 aromatic rings. The summed E-state index contributed by atoms with van der Waals surface area (Å²) >= 11 is 0. The smallest absolute Gasteiger partial charge is 0.325 e. The van der Waals surface area contributed by atoms with Gasteiger partial charge >= 0.3 is 5.97 Å². The molecular weight excluding hydrogens is 220 g/mol. The summed E-state index contributed by atoms with van der Waals surface area (Å²) in [6, 6.07) is 4.74. The normalized spacial score (nSPS) is 17.2. The first-order valence-corrected chi connectivity index (χ1v) is 5.50. The van der Waals surface area contributed by atoms with E-state index >= 15 is 0 Å². The van der Waals surface area contributed by atoms with Crippen LogP contribution in [0.4, 0.5) is 0 Å². The first-order valence-electron chi connectivity index (χ1n) is 5.50. The third-order valence-electron chi connectivity index (χ3n) is 3.03. The van der Waals surface area contributed by atoms with Crippen molar-refractivity contribution in [2.45, 2.75) is 24.9 Å². The number of carbonyl (C=O) groups is 1. The molecule has 3 rings (SSSR count). The van der Waals surface area contributed by atoms with Gasteiger partial charge in [0.05, 0.1) is 11.6 Å². The number of rotatable bonds is 3. The van der Waals surface area contributed by atoms with Gasteiger partial charge in [-0.1, -0.05) is 17.3 Å². The Hall–Kier alpha value is -1.95. The summed E-state index contributed by atoms with van der Waals surface area (Å²) in [5.74, 6) is -1.06. The van der Waals surface area contributed by atoms with Crippen LogP contribution in [0.2, 0.25) is 0 Å². The molecule has 0 amide bonds. The van der Waals surface area contributed by atoms with Gasteiger partial charge in [0.15, 0.2) is 0 Å². The van der Waals surface area contributed by atoms with Crippen molar-refractivity contribution in [1.29, 1.82) is 0 Å². The minimum absolute atomic E-state index is 0.413. The second kappa shape index (κ2) is 3.53. The molecule has 1 aliphatic rings. The van der Waals surface area contributed by atoms with E-state index in [1.807, 2.05) is 10.7 Å². The van der Waals surface area contributed by atoms with Crippen molar-refractivity contribution in [1.82, 2.24) is 15.0 Å². The average molecular weight is 232 g/mol. The SMILES string of the molecule is NC(C(=O)O)c1cccc2c1nnn2C1CC1. The zero-order chi connectivity index (χ0) is 12.0. The van der Waals surface area contributed by atoms with Gasteiger partial charge in [0.2, 0.25) is 0 Å². The Balaban J connectivity index is 2.16. The first-order chi connectivity index (χ1) is 8.18. The number of carboxylic acid groups (broad SMARTS) is 1. The third-order valence-corrected chi connectivity index (χ3v) is 3.03. The maximum absolute atomic E-state index is 10.9. The standard InChI is InChI=1S/C11H12N4O2/c12-9(11(16)17)7-2-1-3-8-10(7)13-14-15(8)6-4-5-6/h1-3,6,9H,4-5,12H2,(H,16,17). The zero-order valence-corrected chi connectivity index (χ0v) is 9.08. The van der Waals surface area contributed by atoms with E-state index < -0.39 is 12.0 Å². The summed E-state index contributed by atoms with van der Waals surface area (Å²) in [6.45, 7) is 0. The number of hydrogen-bond acceptors (Lipinski definition) is 4. The van der Waals surface area contributed by atoms with Crippen LogP contribution in [-0.2, 0) is 4.79 Å². The largest absolute Gasteiger partial charge is 0.480 e. The highest BCUT2D eigenvalue weighted by atomic mass is 16.4. The molecule has 1 aliphatic carbocycles. The quantitative estimate of drug-likeness (QED) is 0.818. The van der Waals surface area contributed by atoms with Gasteiger partial charge in [-0.25, -0.2) is 4.68 Å². The summed E-state index contributed by atoms with van der Waals surface area (Å²) in [4.78, 5) is 10.9. The molecule has 1 atom stereocenters. The van der Waals surface area contributed by atoms with Crippen molar-refractivity contribution < 1.29 is 9.90 Å². The van der Waals surface area contributed by atoms with Crippen LogP contribution in [0.15, 0.2) is 18.2 Å². The molecule has 0 aliphatic heterocycles.